The highest BCUT2D eigenvalue weighted by molar-refractivity contribution is 5.83. The van der Waals surface area contributed by atoms with Crippen LogP contribution in [0.3, 0.4) is 0 Å². The van der Waals surface area contributed by atoms with Crippen LogP contribution in [-0.2, 0) is 17.8 Å². The molecule has 1 heterocycles. The lowest BCUT2D eigenvalue weighted by molar-refractivity contribution is -0.122. The summed E-state index contributed by atoms with van der Waals surface area (Å²) in [5, 5.41) is 3.08. The molecular weight excluding hydrogens is 326 g/mol. The van der Waals surface area contributed by atoms with Crippen LogP contribution in [0.2, 0.25) is 0 Å². The Bertz CT molecular complexity index is 757. The number of fused-ring (bicyclic) bond motifs is 1. The van der Waals surface area contributed by atoms with Gasteiger partial charge in [-0.15, -0.1) is 0 Å². The van der Waals surface area contributed by atoms with Gasteiger partial charge in [0.05, 0.1) is 12.5 Å². The summed E-state index contributed by atoms with van der Waals surface area (Å²) in [7, 11) is 0. The molecule has 1 aliphatic rings. The van der Waals surface area contributed by atoms with Crippen LogP contribution in [0.5, 0.6) is 11.5 Å². The number of rotatable bonds is 7. The second kappa shape index (κ2) is 8.26. The van der Waals surface area contributed by atoms with Crippen LogP contribution in [0.25, 0.3) is 0 Å². The van der Waals surface area contributed by atoms with Gasteiger partial charge < -0.3 is 14.8 Å². The van der Waals surface area contributed by atoms with Gasteiger partial charge >= 0.3 is 0 Å². The highest BCUT2D eigenvalue weighted by atomic mass is 16.5. The maximum atomic E-state index is 12.7. The fourth-order valence-electron chi connectivity index (χ4n) is 3.47. The molecule has 1 N–H and O–H groups in total. The van der Waals surface area contributed by atoms with Gasteiger partial charge in [0.15, 0.2) is 0 Å². The normalized spacial score (nSPS) is 16.5. The second-order valence-electron chi connectivity index (χ2n) is 6.72. The Morgan fingerprint density at radius 3 is 2.73 bits per heavy atom. The van der Waals surface area contributed by atoms with Gasteiger partial charge in [-0.3, -0.25) is 4.79 Å². The van der Waals surface area contributed by atoms with E-state index in [9.17, 15) is 4.79 Å². The summed E-state index contributed by atoms with van der Waals surface area (Å²) >= 11 is 0. The lowest BCUT2D eigenvalue weighted by Gasteiger charge is -2.17. The average molecular weight is 353 g/mol. The van der Waals surface area contributed by atoms with Crippen LogP contribution in [0.1, 0.15) is 49.8 Å². The fourth-order valence-corrected chi connectivity index (χ4v) is 3.47. The standard InChI is InChI=1S/C22H27NO3/c1-4-19(16-9-7-6-8-10-16)22(24)23-14-18-13-21-17(11-15(3)26-21)12-20(18)25-5-2/h6-10,12-13,15,19H,4-5,11,14H2,1-3H3,(H,23,24)/t15-,19+/m0/s1. The summed E-state index contributed by atoms with van der Waals surface area (Å²) in [6.07, 6.45) is 1.85. The number of carbonyl (C=O) groups excluding carboxylic acids is 1. The highest BCUT2D eigenvalue weighted by Crippen LogP contribution is 2.35. The molecule has 0 aromatic heterocycles. The van der Waals surface area contributed by atoms with E-state index in [1.807, 2.05) is 50.2 Å². The molecule has 4 heteroatoms. The van der Waals surface area contributed by atoms with Gasteiger partial charge in [0.1, 0.15) is 17.6 Å². The molecule has 0 aliphatic carbocycles. The van der Waals surface area contributed by atoms with E-state index in [1.165, 1.54) is 5.56 Å². The van der Waals surface area contributed by atoms with Crippen LogP contribution in [-0.4, -0.2) is 18.6 Å². The predicted molar refractivity (Wildman–Crippen MR) is 103 cm³/mol. The van der Waals surface area contributed by atoms with E-state index in [1.54, 1.807) is 0 Å². The Hall–Kier alpha value is -2.49. The molecule has 26 heavy (non-hydrogen) atoms. The molecule has 3 rings (SSSR count). The number of benzene rings is 2. The minimum atomic E-state index is -0.141. The summed E-state index contributed by atoms with van der Waals surface area (Å²) in [5.41, 5.74) is 3.17. The van der Waals surface area contributed by atoms with Gasteiger partial charge in [0, 0.05) is 24.1 Å². The summed E-state index contributed by atoms with van der Waals surface area (Å²) in [6, 6.07) is 14.0. The zero-order valence-corrected chi connectivity index (χ0v) is 15.7. The smallest absolute Gasteiger partial charge is 0.227 e. The molecule has 0 spiro atoms. The zero-order chi connectivity index (χ0) is 18.5. The van der Waals surface area contributed by atoms with Crippen molar-refractivity contribution in [3.8, 4) is 11.5 Å². The topological polar surface area (TPSA) is 47.6 Å². The summed E-state index contributed by atoms with van der Waals surface area (Å²) in [5.74, 6) is 1.63. The van der Waals surface area contributed by atoms with E-state index in [-0.39, 0.29) is 17.9 Å². The van der Waals surface area contributed by atoms with Crippen molar-refractivity contribution >= 4 is 5.91 Å². The third-order valence-corrected chi connectivity index (χ3v) is 4.76. The molecule has 1 amide bonds. The molecule has 2 atom stereocenters. The summed E-state index contributed by atoms with van der Waals surface area (Å²) in [6.45, 7) is 7.10. The average Bonchev–Trinajstić information content (AvgIpc) is 3.00. The molecule has 0 unspecified atom stereocenters. The van der Waals surface area contributed by atoms with E-state index in [0.29, 0.717) is 13.2 Å². The van der Waals surface area contributed by atoms with Crippen molar-refractivity contribution in [3.63, 3.8) is 0 Å². The molecular formula is C22H27NO3. The van der Waals surface area contributed by atoms with Crippen molar-refractivity contribution in [1.82, 2.24) is 5.32 Å². The lowest BCUT2D eigenvalue weighted by Crippen LogP contribution is -2.29. The van der Waals surface area contributed by atoms with Crippen LogP contribution in [0, 0.1) is 0 Å². The molecule has 0 fully saturated rings. The number of hydrogen-bond donors (Lipinski definition) is 1. The third-order valence-electron chi connectivity index (χ3n) is 4.76. The van der Waals surface area contributed by atoms with Crippen molar-refractivity contribution in [3.05, 3.63) is 59.2 Å². The highest BCUT2D eigenvalue weighted by Gasteiger charge is 2.23. The lowest BCUT2D eigenvalue weighted by atomic mass is 9.95. The first-order chi connectivity index (χ1) is 12.6. The largest absolute Gasteiger partial charge is 0.494 e. The summed E-state index contributed by atoms with van der Waals surface area (Å²) < 4.78 is 11.7. The molecule has 1 aliphatic heterocycles. The molecule has 0 bridgehead atoms. The van der Waals surface area contributed by atoms with E-state index in [2.05, 4.69) is 18.3 Å². The Kier molecular flexibility index (Phi) is 5.82. The SMILES string of the molecule is CCOc1cc2c(cc1CNC(=O)[C@H](CC)c1ccccc1)O[C@@H](C)C2. The molecule has 0 saturated carbocycles. The van der Waals surface area contributed by atoms with Crippen molar-refractivity contribution < 1.29 is 14.3 Å². The molecule has 2 aromatic carbocycles. The van der Waals surface area contributed by atoms with E-state index in [0.717, 1.165) is 35.5 Å². The minimum absolute atomic E-state index is 0.0379. The van der Waals surface area contributed by atoms with Crippen molar-refractivity contribution in [2.24, 2.45) is 0 Å². The fraction of sp³-hybridized carbons (Fsp3) is 0.409. The molecule has 138 valence electrons. The van der Waals surface area contributed by atoms with Crippen molar-refractivity contribution in [2.75, 3.05) is 6.61 Å². The van der Waals surface area contributed by atoms with E-state index in [4.69, 9.17) is 9.47 Å². The molecule has 2 aromatic rings. The van der Waals surface area contributed by atoms with Gasteiger partial charge in [0.25, 0.3) is 0 Å². The maximum Gasteiger partial charge on any atom is 0.227 e. The van der Waals surface area contributed by atoms with Gasteiger partial charge in [0.2, 0.25) is 5.91 Å². The maximum absolute atomic E-state index is 12.7. The van der Waals surface area contributed by atoms with Gasteiger partial charge in [-0.25, -0.2) is 0 Å². The molecule has 4 nitrogen and oxygen atoms in total. The van der Waals surface area contributed by atoms with Gasteiger partial charge in [-0.05, 0) is 38.0 Å². The first-order valence-electron chi connectivity index (χ1n) is 9.40. The Morgan fingerprint density at radius 2 is 2.04 bits per heavy atom. The first kappa shape index (κ1) is 18.3. The zero-order valence-electron chi connectivity index (χ0n) is 15.7. The van der Waals surface area contributed by atoms with Gasteiger partial charge in [-0.2, -0.15) is 0 Å². The van der Waals surface area contributed by atoms with E-state index < -0.39 is 0 Å². The minimum Gasteiger partial charge on any atom is -0.494 e. The number of amides is 1. The number of ether oxygens (including phenoxy) is 2. The van der Waals surface area contributed by atoms with Crippen LogP contribution in [0.15, 0.2) is 42.5 Å². The summed E-state index contributed by atoms with van der Waals surface area (Å²) in [4.78, 5) is 12.7. The Morgan fingerprint density at radius 1 is 1.27 bits per heavy atom. The second-order valence-corrected chi connectivity index (χ2v) is 6.72. The monoisotopic (exact) mass is 353 g/mol. The van der Waals surface area contributed by atoms with Crippen LogP contribution >= 0.6 is 0 Å². The first-order valence-corrected chi connectivity index (χ1v) is 9.40. The predicted octanol–water partition coefficient (Wildman–Crippen LogP) is 4.22. The number of nitrogens with one attached hydrogen (secondary N) is 1. The third kappa shape index (κ3) is 4.01. The molecule has 0 radical (unpaired) electrons. The Labute approximate surface area is 155 Å². The van der Waals surface area contributed by atoms with Crippen molar-refractivity contribution in [1.29, 1.82) is 0 Å². The number of carbonyl (C=O) groups is 1. The number of hydrogen-bond acceptors (Lipinski definition) is 3. The Balaban J connectivity index is 1.74. The van der Waals surface area contributed by atoms with Gasteiger partial charge in [-0.1, -0.05) is 37.3 Å². The van der Waals surface area contributed by atoms with Crippen LogP contribution < -0.4 is 14.8 Å². The van der Waals surface area contributed by atoms with E-state index >= 15 is 0 Å². The molecule has 0 saturated heterocycles. The van der Waals surface area contributed by atoms with Crippen LogP contribution in [0.4, 0.5) is 0 Å². The van der Waals surface area contributed by atoms with Crippen molar-refractivity contribution in [2.45, 2.75) is 52.2 Å². The quantitative estimate of drug-likeness (QED) is 0.811.